The molecule has 1 aromatic heterocycles. The maximum atomic E-state index is 12.9. The Bertz CT molecular complexity index is 1090. The van der Waals surface area contributed by atoms with Gasteiger partial charge in [0.1, 0.15) is 22.8 Å². The maximum absolute atomic E-state index is 12.9. The van der Waals surface area contributed by atoms with E-state index < -0.39 is 5.97 Å². The quantitative estimate of drug-likeness (QED) is 0.562. The summed E-state index contributed by atoms with van der Waals surface area (Å²) in [5.41, 5.74) is 1.93. The van der Waals surface area contributed by atoms with E-state index in [0.717, 1.165) is 18.5 Å². The highest BCUT2D eigenvalue weighted by Gasteiger charge is 2.26. The molecule has 1 aliphatic rings. The normalized spacial score (nSPS) is 12.8. The summed E-state index contributed by atoms with van der Waals surface area (Å²) in [5, 5.41) is 7.42. The number of carbonyl (C=O) groups is 2. The van der Waals surface area contributed by atoms with Gasteiger partial charge in [0, 0.05) is 17.8 Å². The number of benzene rings is 2. The van der Waals surface area contributed by atoms with E-state index in [0.29, 0.717) is 22.8 Å². The van der Waals surface area contributed by atoms with Crippen LogP contribution in [-0.2, 0) is 9.53 Å². The third-order valence-electron chi connectivity index (χ3n) is 4.89. The zero-order valence-electron chi connectivity index (χ0n) is 17.3. The molecule has 1 fully saturated rings. The lowest BCUT2D eigenvalue weighted by atomic mass is 10.1. The molecule has 1 amide bonds. The van der Waals surface area contributed by atoms with Gasteiger partial charge in [-0.05, 0) is 43.2 Å². The molecule has 8 heteroatoms. The van der Waals surface area contributed by atoms with E-state index in [2.05, 4.69) is 10.4 Å². The summed E-state index contributed by atoms with van der Waals surface area (Å²) < 4.78 is 17.7. The van der Waals surface area contributed by atoms with Gasteiger partial charge in [-0.3, -0.25) is 4.79 Å². The summed E-state index contributed by atoms with van der Waals surface area (Å²) in [6.45, 7) is -0.347. The first-order chi connectivity index (χ1) is 15.1. The summed E-state index contributed by atoms with van der Waals surface area (Å²) in [6.07, 6.45) is 3.51. The highest BCUT2D eigenvalue weighted by atomic mass is 16.5. The van der Waals surface area contributed by atoms with Gasteiger partial charge < -0.3 is 19.5 Å². The van der Waals surface area contributed by atoms with Gasteiger partial charge in [0.25, 0.3) is 5.91 Å². The van der Waals surface area contributed by atoms with E-state index in [4.69, 9.17) is 14.2 Å². The van der Waals surface area contributed by atoms with Gasteiger partial charge in [0.15, 0.2) is 6.61 Å². The van der Waals surface area contributed by atoms with E-state index in [1.807, 2.05) is 30.3 Å². The second-order valence-electron chi connectivity index (χ2n) is 7.16. The Hall–Kier alpha value is -3.81. The van der Waals surface area contributed by atoms with Crippen molar-refractivity contribution in [2.24, 2.45) is 0 Å². The van der Waals surface area contributed by atoms with Crippen molar-refractivity contribution in [2.45, 2.75) is 18.9 Å². The van der Waals surface area contributed by atoms with Crippen molar-refractivity contribution in [1.82, 2.24) is 15.1 Å². The van der Waals surface area contributed by atoms with E-state index in [9.17, 15) is 9.59 Å². The molecule has 1 aliphatic carbocycles. The predicted octanol–water partition coefficient (Wildman–Crippen LogP) is 2.99. The molecule has 8 nitrogen and oxygen atoms in total. The molecule has 31 heavy (non-hydrogen) atoms. The summed E-state index contributed by atoms with van der Waals surface area (Å²) in [5.74, 6) is 0.160. The molecule has 160 valence electrons. The average Bonchev–Trinajstić information content (AvgIpc) is 3.51. The Balaban J connectivity index is 1.70. The summed E-state index contributed by atoms with van der Waals surface area (Å²) in [7, 11) is 3.10. The average molecular weight is 421 g/mol. The molecule has 4 rings (SSSR count). The smallest absolute Gasteiger partial charge is 0.342 e. The minimum Gasteiger partial charge on any atom is -0.497 e. The zero-order valence-corrected chi connectivity index (χ0v) is 17.3. The van der Waals surface area contributed by atoms with Gasteiger partial charge in [-0.1, -0.05) is 18.2 Å². The molecule has 1 N–H and O–H groups in total. The lowest BCUT2D eigenvalue weighted by Crippen LogP contribution is -2.30. The van der Waals surface area contributed by atoms with Crippen LogP contribution in [0.1, 0.15) is 23.2 Å². The molecule has 0 radical (unpaired) electrons. The van der Waals surface area contributed by atoms with Crippen molar-refractivity contribution in [3.05, 3.63) is 60.3 Å². The van der Waals surface area contributed by atoms with E-state index in [1.54, 1.807) is 43.3 Å². The number of amides is 1. The third-order valence-corrected chi connectivity index (χ3v) is 4.89. The van der Waals surface area contributed by atoms with Crippen LogP contribution < -0.4 is 14.8 Å². The van der Waals surface area contributed by atoms with E-state index in [1.165, 1.54) is 0 Å². The molecule has 0 spiro atoms. The number of methoxy groups -OCH3 is 2. The summed E-state index contributed by atoms with van der Waals surface area (Å²) in [4.78, 5) is 24.9. The second-order valence-corrected chi connectivity index (χ2v) is 7.16. The minimum atomic E-state index is -0.645. The van der Waals surface area contributed by atoms with Crippen molar-refractivity contribution in [3.63, 3.8) is 0 Å². The van der Waals surface area contributed by atoms with Crippen LogP contribution in [-0.4, -0.2) is 48.5 Å². The topological polar surface area (TPSA) is 91.7 Å². The van der Waals surface area contributed by atoms with Crippen LogP contribution >= 0.6 is 0 Å². The highest BCUT2D eigenvalue weighted by Crippen LogP contribution is 2.35. The lowest BCUT2D eigenvalue weighted by molar-refractivity contribution is -0.124. The summed E-state index contributed by atoms with van der Waals surface area (Å²) in [6, 6.07) is 14.8. The van der Waals surface area contributed by atoms with Crippen molar-refractivity contribution < 1.29 is 23.8 Å². The molecule has 1 saturated carbocycles. The molecule has 2 aromatic carbocycles. The fraction of sp³-hybridized carbons (Fsp3) is 0.261. The van der Waals surface area contributed by atoms with Crippen LogP contribution in [0.3, 0.4) is 0 Å². The maximum Gasteiger partial charge on any atom is 0.342 e. The Morgan fingerprint density at radius 1 is 1.10 bits per heavy atom. The highest BCUT2D eigenvalue weighted by molar-refractivity contribution is 5.98. The van der Waals surface area contributed by atoms with Crippen LogP contribution in [0.4, 0.5) is 0 Å². The first-order valence-corrected chi connectivity index (χ1v) is 9.93. The number of carbonyl (C=O) groups excluding carboxylic acids is 2. The molecule has 0 atom stereocenters. The van der Waals surface area contributed by atoms with Gasteiger partial charge >= 0.3 is 5.97 Å². The SMILES string of the molecule is COc1ccc(OC)c(-c2nn(-c3ccccc3)cc2C(=O)OCC(=O)NC2CC2)c1. The minimum absolute atomic E-state index is 0.198. The van der Waals surface area contributed by atoms with Gasteiger partial charge in [0.05, 0.1) is 19.9 Å². The number of rotatable bonds is 8. The Labute approximate surface area is 179 Å². The number of esters is 1. The largest absolute Gasteiger partial charge is 0.497 e. The first-order valence-electron chi connectivity index (χ1n) is 9.93. The molecular weight excluding hydrogens is 398 g/mol. The molecule has 0 saturated heterocycles. The van der Waals surface area contributed by atoms with Gasteiger partial charge in [-0.25, -0.2) is 9.48 Å². The molecule has 0 bridgehead atoms. The fourth-order valence-electron chi connectivity index (χ4n) is 3.14. The number of hydrogen-bond donors (Lipinski definition) is 1. The van der Waals surface area contributed by atoms with Gasteiger partial charge in [0.2, 0.25) is 0 Å². The van der Waals surface area contributed by atoms with Crippen molar-refractivity contribution in [3.8, 4) is 28.4 Å². The molecule has 1 heterocycles. The van der Waals surface area contributed by atoms with Crippen molar-refractivity contribution in [1.29, 1.82) is 0 Å². The fourth-order valence-corrected chi connectivity index (χ4v) is 3.14. The Morgan fingerprint density at radius 2 is 1.87 bits per heavy atom. The van der Waals surface area contributed by atoms with Crippen LogP contribution in [0.5, 0.6) is 11.5 Å². The molecular formula is C23H23N3O5. The number of hydrogen-bond acceptors (Lipinski definition) is 6. The van der Waals surface area contributed by atoms with Crippen LogP contribution in [0, 0.1) is 0 Å². The Kier molecular flexibility index (Phi) is 5.88. The second kappa shape index (κ2) is 8.91. The number of ether oxygens (including phenoxy) is 3. The van der Waals surface area contributed by atoms with E-state index in [-0.39, 0.29) is 24.1 Å². The van der Waals surface area contributed by atoms with Crippen LogP contribution in [0.15, 0.2) is 54.7 Å². The molecule has 0 aliphatic heterocycles. The number of nitrogens with one attached hydrogen (secondary N) is 1. The number of aromatic nitrogens is 2. The Morgan fingerprint density at radius 3 is 2.55 bits per heavy atom. The first kappa shape index (κ1) is 20.5. The number of para-hydroxylation sites is 1. The standard InChI is InChI=1S/C23H23N3O5/c1-29-17-10-11-20(30-2)18(12-17)22-19(13-26(25-22)16-6-4-3-5-7-16)23(28)31-14-21(27)24-15-8-9-15/h3-7,10-13,15H,8-9,14H2,1-2H3,(H,24,27). The van der Waals surface area contributed by atoms with Crippen molar-refractivity contribution in [2.75, 3.05) is 20.8 Å². The zero-order chi connectivity index (χ0) is 21.8. The van der Waals surface area contributed by atoms with Crippen LogP contribution in [0.25, 0.3) is 16.9 Å². The third kappa shape index (κ3) is 4.69. The lowest BCUT2D eigenvalue weighted by Gasteiger charge is -2.10. The van der Waals surface area contributed by atoms with Gasteiger partial charge in [-0.15, -0.1) is 0 Å². The predicted molar refractivity (Wildman–Crippen MR) is 114 cm³/mol. The van der Waals surface area contributed by atoms with Gasteiger partial charge in [-0.2, -0.15) is 5.10 Å². The number of nitrogens with zero attached hydrogens (tertiary/aromatic N) is 2. The van der Waals surface area contributed by atoms with Crippen LogP contribution in [0.2, 0.25) is 0 Å². The summed E-state index contributed by atoms with van der Waals surface area (Å²) >= 11 is 0. The molecule has 3 aromatic rings. The van der Waals surface area contributed by atoms with E-state index >= 15 is 0 Å². The van der Waals surface area contributed by atoms with Crippen molar-refractivity contribution >= 4 is 11.9 Å². The molecule has 0 unspecified atom stereocenters. The monoisotopic (exact) mass is 421 g/mol.